The van der Waals surface area contributed by atoms with Crippen LogP contribution in [0.25, 0.3) is 11.6 Å². The predicted molar refractivity (Wildman–Crippen MR) is 157 cm³/mol. The first-order valence-electron chi connectivity index (χ1n) is 13.6. The van der Waals surface area contributed by atoms with Crippen LogP contribution in [-0.2, 0) is 26.1 Å². The number of sulfonamides is 1. The molecule has 12 nitrogen and oxygen atoms in total. The number of aryl methyl sites for hydroxylation is 1. The third-order valence-electron chi connectivity index (χ3n) is 6.76. The maximum absolute atomic E-state index is 14.6. The first-order chi connectivity index (χ1) is 20.6. The van der Waals surface area contributed by atoms with E-state index in [-0.39, 0.29) is 41.1 Å². The molecule has 15 heteroatoms. The summed E-state index contributed by atoms with van der Waals surface area (Å²) in [6, 6.07) is 9.53. The molecule has 1 amide bonds. The van der Waals surface area contributed by atoms with E-state index in [1.807, 2.05) is 6.92 Å². The SMILES string of the molecule is CCOc1nn(CC)cc1S(=O)(=O)N1C[C@H](CCOC2NOC(=O)N2)Oc2ccc(/C=C(\C)c3c(F)cccc3Cl)cc21. The van der Waals surface area contributed by atoms with E-state index in [4.69, 9.17) is 25.8 Å². The average Bonchev–Trinajstić information content (AvgIpc) is 3.59. The van der Waals surface area contributed by atoms with E-state index < -0.39 is 34.4 Å². The molecular weight excluding hydrogens is 605 g/mol. The van der Waals surface area contributed by atoms with Gasteiger partial charge in [-0.2, -0.15) is 0 Å². The van der Waals surface area contributed by atoms with Gasteiger partial charge in [-0.1, -0.05) is 29.8 Å². The molecule has 1 aromatic heterocycles. The van der Waals surface area contributed by atoms with Crippen molar-refractivity contribution < 1.29 is 36.7 Å². The summed E-state index contributed by atoms with van der Waals surface area (Å²) in [7, 11) is -4.20. The molecule has 2 N–H and O–H groups in total. The van der Waals surface area contributed by atoms with Gasteiger partial charge in [0.05, 0.1) is 30.5 Å². The van der Waals surface area contributed by atoms with Gasteiger partial charge in [0, 0.05) is 24.7 Å². The van der Waals surface area contributed by atoms with E-state index in [1.54, 1.807) is 44.2 Å². The van der Waals surface area contributed by atoms with Gasteiger partial charge < -0.3 is 19.0 Å². The van der Waals surface area contributed by atoms with Crippen molar-refractivity contribution >= 4 is 45.1 Å². The minimum absolute atomic E-state index is 0.00131. The number of nitrogens with one attached hydrogen (secondary N) is 2. The minimum Gasteiger partial charge on any atom is -0.486 e. The van der Waals surface area contributed by atoms with Crippen LogP contribution in [-0.4, -0.2) is 56.5 Å². The topological polar surface area (TPSA) is 133 Å². The Kier molecular flexibility index (Phi) is 9.11. The fourth-order valence-corrected chi connectivity index (χ4v) is 6.63. The van der Waals surface area contributed by atoms with Crippen LogP contribution < -0.4 is 24.6 Å². The van der Waals surface area contributed by atoms with Crippen LogP contribution in [0.1, 0.15) is 38.3 Å². The van der Waals surface area contributed by atoms with Crippen LogP contribution in [0.3, 0.4) is 0 Å². The highest BCUT2D eigenvalue weighted by molar-refractivity contribution is 7.93. The van der Waals surface area contributed by atoms with Gasteiger partial charge in [0.1, 0.15) is 17.7 Å². The van der Waals surface area contributed by atoms with Crippen molar-refractivity contribution in [3.05, 3.63) is 64.6 Å². The summed E-state index contributed by atoms with van der Waals surface area (Å²) < 4.78 is 63.1. The molecule has 0 aliphatic carbocycles. The first-order valence-corrected chi connectivity index (χ1v) is 15.4. The van der Waals surface area contributed by atoms with Crippen LogP contribution in [0, 0.1) is 5.82 Å². The number of benzene rings is 2. The van der Waals surface area contributed by atoms with Gasteiger partial charge in [-0.05, 0) is 56.2 Å². The fraction of sp³-hybridized carbons (Fsp3) is 0.357. The number of nitrogens with zero attached hydrogens (tertiary/aromatic N) is 3. The number of hydroxylamine groups is 1. The van der Waals surface area contributed by atoms with E-state index in [9.17, 15) is 17.6 Å². The number of rotatable bonds is 11. The number of anilines is 1. The molecule has 43 heavy (non-hydrogen) atoms. The van der Waals surface area contributed by atoms with Crippen molar-refractivity contribution in [2.75, 3.05) is 24.1 Å². The largest absolute Gasteiger partial charge is 0.486 e. The Labute approximate surface area is 253 Å². The van der Waals surface area contributed by atoms with Crippen molar-refractivity contribution in [3.8, 4) is 11.6 Å². The second-order valence-electron chi connectivity index (χ2n) is 9.71. The quantitative estimate of drug-likeness (QED) is 0.291. The highest BCUT2D eigenvalue weighted by Gasteiger charge is 2.38. The van der Waals surface area contributed by atoms with Crippen LogP contribution in [0.15, 0.2) is 47.5 Å². The molecule has 3 heterocycles. The fourth-order valence-electron chi connectivity index (χ4n) is 4.74. The van der Waals surface area contributed by atoms with Gasteiger partial charge in [0.15, 0.2) is 4.90 Å². The van der Waals surface area contributed by atoms with Gasteiger partial charge >= 0.3 is 6.09 Å². The smallest absolute Gasteiger partial charge is 0.429 e. The van der Waals surface area contributed by atoms with Gasteiger partial charge in [0.2, 0.25) is 6.35 Å². The Balaban J connectivity index is 1.50. The summed E-state index contributed by atoms with van der Waals surface area (Å²) in [6.45, 7) is 6.06. The molecule has 2 atom stereocenters. The molecule has 230 valence electrons. The summed E-state index contributed by atoms with van der Waals surface area (Å²) in [5.41, 5.74) is 4.11. The Morgan fingerprint density at radius 3 is 2.79 bits per heavy atom. The molecule has 5 rings (SSSR count). The second-order valence-corrected chi connectivity index (χ2v) is 11.9. The summed E-state index contributed by atoms with van der Waals surface area (Å²) in [5.74, 6) is -0.136. The van der Waals surface area contributed by atoms with E-state index >= 15 is 0 Å². The highest BCUT2D eigenvalue weighted by atomic mass is 35.5. The van der Waals surface area contributed by atoms with E-state index in [0.29, 0.717) is 35.5 Å². The van der Waals surface area contributed by atoms with Crippen LogP contribution in [0.2, 0.25) is 5.02 Å². The molecule has 3 aromatic rings. The number of ether oxygens (including phenoxy) is 3. The highest BCUT2D eigenvalue weighted by Crippen LogP contribution is 2.40. The lowest BCUT2D eigenvalue weighted by molar-refractivity contribution is -0.0292. The molecule has 2 aliphatic rings. The van der Waals surface area contributed by atoms with E-state index in [1.165, 1.54) is 27.3 Å². The third-order valence-corrected chi connectivity index (χ3v) is 8.83. The lowest BCUT2D eigenvalue weighted by Crippen LogP contribution is -2.44. The Bertz CT molecular complexity index is 1630. The van der Waals surface area contributed by atoms with Crippen molar-refractivity contribution in [2.24, 2.45) is 0 Å². The molecule has 2 aromatic carbocycles. The summed E-state index contributed by atoms with van der Waals surface area (Å²) >= 11 is 6.27. The zero-order valence-corrected chi connectivity index (χ0v) is 25.2. The van der Waals surface area contributed by atoms with Crippen molar-refractivity contribution in [1.82, 2.24) is 20.6 Å². The lowest BCUT2D eigenvalue weighted by atomic mass is 10.0. The molecule has 0 bridgehead atoms. The van der Waals surface area contributed by atoms with E-state index in [0.717, 1.165) is 0 Å². The monoisotopic (exact) mass is 635 g/mol. The number of aromatic nitrogens is 2. The van der Waals surface area contributed by atoms with Gasteiger partial charge in [-0.25, -0.2) is 17.6 Å². The first kappa shape index (κ1) is 30.6. The lowest BCUT2D eigenvalue weighted by Gasteiger charge is -2.35. The number of carbonyl (C=O) groups excluding carboxylic acids is 1. The molecule has 2 aliphatic heterocycles. The zero-order valence-electron chi connectivity index (χ0n) is 23.7. The van der Waals surface area contributed by atoms with E-state index in [2.05, 4.69) is 20.7 Å². The Morgan fingerprint density at radius 1 is 1.28 bits per heavy atom. The number of hydrogen-bond acceptors (Lipinski definition) is 9. The van der Waals surface area contributed by atoms with Crippen LogP contribution >= 0.6 is 11.6 Å². The Hall–Kier alpha value is -3.85. The number of hydrogen-bond donors (Lipinski definition) is 2. The molecule has 0 saturated carbocycles. The third kappa shape index (κ3) is 6.56. The van der Waals surface area contributed by atoms with Gasteiger partial charge in [-0.3, -0.25) is 14.3 Å². The molecule has 0 spiro atoms. The maximum atomic E-state index is 14.6. The number of fused-ring (bicyclic) bond motifs is 1. The number of halogens is 2. The summed E-state index contributed by atoms with van der Waals surface area (Å²) in [5, 5.41) is 6.98. The van der Waals surface area contributed by atoms with Crippen LogP contribution in [0.4, 0.5) is 14.9 Å². The van der Waals surface area contributed by atoms with Crippen molar-refractivity contribution in [3.63, 3.8) is 0 Å². The standard InChI is InChI=1S/C28H31ClFN5O7S/c1-4-34-16-24(26(32-34)39-5-2)43(37,38)35-15-19(11-12-40-27-31-28(36)42-33-27)41-23-10-9-18(14-22(23)35)13-17(3)25-20(29)7-6-8-21(25)30/h6-10,13-14,16,19,27,33H,4-5,11-12,15H2,1-3H3,(H,31,36)/b17-13+/t19-,27?/m0/s1. The van der Waals surface area contributed by atoms with Gasteiger partial charge in [0.25, 0.3) is 15.9 Å². The number of amides is 1. The second kappa shape index (κ2) is 12.8. The maximum Gasteiger partial charge on any atom is 0.429 e. The minimum atomic E-state index is -4.20. The van der Waals surface area contributed by atoms with Crippen LogP contribution in [0.5, 0.6) is 11.6 Å². The Morgan fingerprint density at radius 2 is 2.09 bits per heavy atom. The summed E-state index contributed by atoms with van der Waals surface area (Å²) in [4.78, 5) is 15.7. The molecule has 1 unspecified atom stereocenters. The molecule has 0 radical (unpaired) electrons. The molecule has 1 fully saturated rings. The average molecular weight is 636 g/mol. The number of allylic oxidation sites excluding steroid dienone is 1. The van der Waals surface area contributed by atoms with Gasteiger partial charge in [-0.15, -0.1) is 10.6 Å². The molecule has 1 saturated heterocycles. The normalized spacial score (nSPS) is 18.6. The van der Waals surface area contributed by atoms with Crippen molar-refractivity contribution in [1.29, 1.82) is 0 Å². The number of carbonyl (C=O) groups is 1. The van der Waals surface area contributed by atoms with Crippen molar-refractivity contribution in [2.45, 2.75) is 51.1 Å². The molecular formula is C28H31ClFN5O7S. The zero-order chi connectivity index (χ0) is 30.7. The predicted octanol–water partition coefficient (Wildman–Crippen LogP) is 4.55. The summed E-state index contributed by atoms with van der Waals surface area (Å²) in [6.07, 6.45) is 1.35.